The first kappa shape index (κ1) is 55.0. The fraction of sp³-hybridized carbons (Fsp3) is 0.0811. The first-order valence-electron chi connectivity index (χ1n) is 27.0. The quantitative estimate of drug-likeness (QED) is 0.114. The Morgan fingerprint density at radius 1 is 0.333 bits per heavy atom. The Kier molecular flexibility index (Phi) is 17.1. The normalized spacial score (nSPS) is 10.7. The average Bonchev–Trinajstić information content (AvgIpc) is 3.51. The van der Waals surface area contributed by atoms with Gasteiger partial charge in [-0.3, -0.25) is 14.9 Å². The van der Waals surface area contributed by atoms with Crippen LogP contribution in [0.15, 0.2) is 255 Å². The average molecular weight is 1230 g/mol. The van der Waals surface area contributed by atoms with Crippen LogP contribution in [-0.4, -0.2) is 19.9 Å². The number of pyridine rings is 4. The molecule has 0 aliphatic carbocycles. The molecule has 0 unspecified atom stereocenters. The maximum absolute atomic E-state index is 5.17. The molecule has 0 saturated heterocycles. The van der Waals surface area contributed by atoms with E-state index < -0.39 is 0 Å². The number of anilines is 6. The number of benzene rings is 8. The van der Waals surface area contributed by atoms with Crippen LogP contribution in [0.1, 0.15) is 33.4 Å². The summed E-state index contributed by atoms with van der Waals surface area (Å²) < 4.78 is 0. The molecule has 4 heterocycles. The van der Waals surface area contributed by atoms with Crippen molar-refractivity contribution in [2.24, 2.45) is 0 Å². The Balaban J connectivity index is 0.000000180. The van der Waals surface area contributed by atoms with Crippen LogP contribution in [0.2, 0.25) is 0 Å². The van der Waals surface area contributed by atoms with Crippen molar-refractivity contribution in [2.45, 2.75) is 41.5 Å². The van der Waals surface area contributed by atoms with Gasteiger partial charge in [0.2, 0.25) is 0 Å². The number of aryl methyl sites for hydroxylation is 6. The number of hydrogen-bond acceptors (Lipinski definition) is 6. The minimum Gasteiger partial charge on any atom is -0.313 e. The Labute approximate surface area is 491 Å². The zero-order valence-corrected chi connectivity index (χ0v) is 48.5. The smallest absolute Gasteiger partial charge is 0.313 e. The van der Waals surface area contributed by atoms with Crippen LogP contribution in [0.3, 0.4) is 0 Å². The summed E-state index contributed by atoms with van der Waals surface area (Å²) in [5, 5.41) is 0. The summed E-state index contributed by atoms with van der Waals surface area (Å²) in [6.45, 7) is 13.0. The fourth-order valence-corrected chi connectivity index (χ4v) is 10.7. The Morgan fingerprint density at radius 3 is 1.20 bits per heavy atom. The molecule has 7 heteroatoms. The minimum atomic E-state index is 0. The standard InChI is InChI=1S/C37H31N3.C37H29N3.Pt/c2*1-26-21-27(2)37(28(3)22-26)40(36-19-12-18-35(39-36)34-17-10-11-20-38-34)33-24-31(29-13-6-4-7-14-29)23-32(25-33)30-15-8-5-9-16-30;/h4-25H,1-3H3;4-15,17-24H,1-3H3;/q;-2;+2. The Bertz CT molecular complexity index is 3630. The molecule has 0 radical (unpaired) electrons. The van der Waals surface area contributed by atoms with Gasteiger partial charge in [-0.1, -0.05) is 151 Å². The summed E-state index contributed by atoms with van der Waals surface area (Å²) in [7, 11) is 0. The molecule has 0 saturated carbocycles. The van der Waals surface area contributed by atoms with Crippen molar-refractivity contribution in [3.63, 3.8) is 0 Å². The first-order chi connectivity index (χ1) is 39.1. The van der Waals surface area contributed by atoms with Crippen molar-refractivity contribution in [1.29, 1.82) is 0 Å². The summed E-state index contributed by atoms with van der Waals surface area (Å²) in [4.78, 5) is 24.0. The van der Waals surface area contributed by atoms with Gasteiger partial charge in [-0.15, -0.1) is 17.7 Å². The largest absolute Gasteiger partial charge is 2.00 e. The second-order valence-electron chi connectivity index (χ2n) is 20.2. The number of nitrogens with zero attached hydrogens (tertiary/aromatic N) is 6. The van der Waals surface area contributed by atoms with Crippen molar-refractivity contribution >= 4 is 34.4 Å². The number of aromatic nitrogens is 4. The van der Waals surface area contributed by atoms with Gasteiger partial charge in [-0.2, -0.15) is 36.4 Å². The summed E-state index contributed by atoms with van der Waals surface area (Å²) >= 11 is 0. The molecule has 0 amide bonds. The van der Waals surface area contributed by atoms with E-state index >= 15 is 0 Å². The van der Waals surface area contributed by atoms with Gasteiger partial charge in [0.1, 0.15) is 11.6 Å². The third kappa shape index (κ3) is 12.6. The molecule has 0 N–H and O–H groups in total. The molecule has 0 aliphatic heterocycles. The Hall–Kier alpha value is -9.35. The van der Waals surface area contributed by atoms with E-state index in [1.165, 1.54) is 44.5 Å². The van der Waals surface area contributed by atoms with Crippen LogP contribution in [-0.2, 0) is 21.1 Å². The molecular formula is C74H60N6Pt. The van der Waals surface area contributed by atoms with Crippen molar-refractivity contribution < 1.29 is 21.1 Å². The van der Waals surface area contributed by atoms with E-state index in [0.717, 1.165) is 90.5 Å². The minimum absolute atomic E-state index is 0. The van der Waals surface area contributed by atoms with Crippen molar-refractivity contribution in [1.82, 2.24) is 19.9 Å². The molecule has 0 atom stereocenters. The first-order valence-corrected chi connectivity index (χ1v) is 27.0. The van der Waals surface area contributed by atoms with Gasteiger partial charge in [0.25, 0.3) is 0 Å². The molecule has 0 bridgehead atoms. The molecule has 0 aliphatic rings. The van der Waals surface area contributed by atoms with Crippen LogP contribution in [0.5, 0.6) is 0 Å². The van der Waals surface area contributed by atoms with E-state index in [-0.39, 0.29) is 21.1 Å². The zero-order chi connectivity index (χ0) is 55.0. The van der Waals surface area contributed by atoms with E-state index in [4.69, 9.17) is 9.97 Å². The van der Waals surface area contributed by atoms with E-state index in [1.54, 1.807) is 6.20 Å². The zero-order valence-electron chi connectivity index (χ0n) is 46.2. The summed E-state index contributed by atoms with van der Waals surface area (Å²) in [6, 6.07) is 91.1. The number of hydrogen-bond donors (Lipinski definition) is 0. The van der Waals surface area contributed by atoms with Gasteiger partial charge in [-0.05, 0) is 164 Å². The predicted octanol–water partition coefficient (Wildman–Crippen LogP) is 19.3. The van der Waals surface area contributed by atoms with Gasteiger partial charge >= 0.3 is 21.1 Å². The van der Waals surface area contributed by atoms with Crippen LogP contribution >= 0.6 is 0 Å². The molecule has 81 heavy (non-hydrogen) atoms. The summed E-state index contributed by atoms with van der Waals surface area (Å²) in [5.74, 6) is 1.66. The SMILES string of the molecule is Cc1cc(C)c(N(c2[c-]c(-c3[c-]cccc3)cc(-c3ccccc3)c2)c2cccc(-c3ccccn3)n2)c(C)c1.Cc1cc(C)c(N(c2cc(-c3ccccc3)cc(-c3ccccc3)c2)c2cccc(-c3ccccn3)n2)c(C)c1.[Pt+2]. The van der Waals surface area contributed by atoms with Crippen LogP contribution < -0.4 is 9.80 Å². The fourth-order valence-electron chi connectivity index (χ4n) is 10.7. The van der Waals surface area contributed by atoms with Gasteiger partial charge < -0.3 is 4.90 Å². The molecule has 12 rings (SSSR count). The van der Waals surface area contributed by atoms with Gasteiger partial charge in [-0.25, -0.2) is 21.1 Å². The molecule has 12 aromatic rings. The van der Waals surface area contributed by atoms with Crippen molar-refractivity contribution in [3.05, 3.63) is 301 Å². The van der Waals surface area contributed by atoms with Crippen molar-refractivity contribution in [2.75, 3.05) is 9.80 Å². The van der Waals surface area contributed by atoms with E-state index in [0.29, 0.717) is 0 Å². The maximum atomic E-state index is 5.17. The second kappa shape index (κ2) is 25.2. The third-order valence-electron chi connectivity index (χ3n) is 14.1. The molecule has 396 valence electrons. The van der Waals surface area contributed by atoms with Crippen LogP contribution in [0.25, 0.3) is 67.3 Å². The van der Waals surface area contributed by atoms with E-state index in [2.05, 4.69) is 237 Å². The Morgan fingerprint density at radius 2 is 0.753 bits per heavy atom. The molecule has 0 spiro atoms. The van der Waals surface area contributed by atoms with Crippen molar-refractivity contribution in [3.8, 4) is 67.3 Å². The predicted molar refractivity (Wildman–Crippen MR) is 332 cm³/mol. The molecule has 8 aromatic carbocycles. The third-order valence-corrected chi connectivity index (χ3v) is 14.1. The van der Waals surface area contributed by atoms with Gasteiger partial charge in [0.15, 0.2) is 0 Å². The molecular weight excluding hydrogens is 1170 g/mol. The summed E-state index contributed by atoms with van der Waals surface area (Å²) in [6.07, 6.45) is 3.61. The molecule has 6 nitrogen and oxygen atoms in total. The van der Waals surface area contributed by atoms with Gasteiger partial charge in [0, 0.05) is 18.1 Å². The molecule has 0 fully saturated rings. The maximum Gasteiger partial charge on any atom is 2.00 e. The second-order valence-corrected chi connectivity index (χ2v) is 20.2. The van der Waals surface area contributed by atoms with E-state index in [9.17, 15) is 0 Å². The summed E-state index contributed by atoms with van der Waals surface area (Å²) in [5.41, 5.74) is 23.7. The van der Waals surface area contributed by atoms with Crippen LogP contribution in [0, 0.1) is 53.7 Å². The number of rotatable bonds is 12. The van der Waals surface area contributed by atoms with E-state index in [1.807, 2.05) is 85.1 Å². The molecule has 4 aromatic heterocycles. The van der Waals surface area contributed by atoms with Gasteiger partial charge in [0.05, 0.1) is 34.2 Å². The monoisotopic (exact) mass is 1230 g/mol. The topological polar surface area (TPSA) is 58.0 Å². The van der Waals surface area contributed by atoms with Crippen LogP contribution in [0.4, 0.5) is 34.4 Å².